The number of rotatable bonds is 18. The van der Waals surface area contributed by atoms with Gasteiger partial charge in [-0.1, -0.05) is 91.0 Å². The van der Waals surface area contributed by atoms with Crippen LogP contribution in [0, 0.1) is 10.1 Å². The molecule has 20 heteroatoms. The van der Waals surface area contributed by atoms with E-state index in [4.69, 9.17) is 47.4 Å². The fourth-order valence-electron chi connectivity index (χ4n) is 8.00. The molecule has 386 valence electrons. The average molecular weight is 1030 g/mol. The maximum atomic E-state index is 14.4. The summed E-state index contributed by atoms with van der Waals surface area (Å²) in [7, 11) is 0. The van der Waals surface area contributed by atoms with Gasteiger partial charge in [0.25, 0.3) is 5.69 Å². The third-order valence-corrected chi connectivity index (χ3v) is 11.6. The molecule has 0 saturated carbocycles. The van der Waals surface area contributed by atoms with Crippen molar-refractivity contribution in [2.24, 2.45) is 0 Å². The molecule has 2 saturated heterocycles. The van der Waals surface area contributed by atoms with Crippen molar-refractivity contribution in [3.05, 3.63) is 214 Å². The molecule has 0 unspecified atom stereocenters. The maximum absolute atomic E-state index is 14.4. The summed E-state index contributed by atoms with van der Waals surface area (Å²) in [6.07, 6.45) is -18.3. The van der Waals surface area contributed by atoms with Crippen molar-refractivity contribution in [2.45, 2.75) is 68.3 Å². The molecule has 2 aliphatic rings. The molecule has 6 aromatic carbocycles. The van der Waals surface area contributed by atoms with Gasteiger partial charge in [0.2, 0.25) is 12.4 Å². The van der Waals surface area contributed by atoms with Crippen molar-refractivity contribution in [3.8, 4) is 5.75 Å². The zero-order valence-corrected chi connectivity index (χ0v) is 39.7. The van der Waals surface area contributed by atoms with E-state index in [0.29, 0.717) is 0 Å². The van der Waals surface area contributed by atoms with Crippen LogP contribution in [0.3, 0.4) is 0 Å². The summed E-state index contributed by atoms with van der Waals surface area (Å²) in [5, 5.41) is 23.9. The topological polar surface area (TPSA) is 258 Å². The first-order valence-electron chi connectivity index (χ1n) is 23.3. The molecule has 0 aromatic heterocycles. The fraction of sp³-hybridized carbons (Fsp3) is 0.236. The summed E-state index contributed by atoms with van der Waals surface area (Å²) in [5.74, 6) is -5.67. The predicted octanol–water partition coefficient (Wildman–Crippen LogP) is 6.49. The van der Waals surface area contributed by atoms with Crippen molar-refractivity contribution in [2.75, 3.05) is 13.2 Å². The largest absolute Gasteiger partial charge is 0.461 e. The summed E-state index contributed by atoms with van der Waals surface area (Å²) < 4.78 is 61.2. The highest BCUT2D eigenvalue weighted by Gasteiger charge is 2.57. The number of esters is 6. The molecule has 10 atom stereocenters. The van der Waals surface area contributed by atoms with Crippen molar-refractivity contribution >= 4 is 41.5 Å². The fourth-order valence-corrected chi connectivity index (χ4v) is 8.00. The van der Waals surface area contributed by atoms with Crippen LogP contribution in [0.25, 0.3) is 0 Å². The molecular weight excluding hydrogens is 979 g/mol. The molecular formula is C55H47NO19. The van der Waals surface area contributed by atoms with E-state index in [-0.39, 0.29) is 39.3 Å². The molecule has 0 bridgehead atoms. The van der Waals surface area contributed by atoms with Crippen LogP contribution in [0.2, 0.25) is 0 Å². The van der Waals surface area contributed by atoms with Gasteiger partial charge < -0.3 is 52.5 Å². The van der Waals surface area contributed by atoms with E-state index in [9.17, 15) is 44.0 Å². The van der Waals surface area contributed by atoms with Gasteiger partial charge in [-0.05, 0) is 72.8 Å². The smallest absolute Gasteiger partial charge is 0.338 e. The Kier molecular flexibility index (Phi) is 17.3. The average Bonchev–Trinajstić information content (AvgIpc) is 3.44. The highest BCUT2D eigenvalue weighted by Crippen LogP contribution is 2.36. The molecule has 0 amide bonds. The van der Waals surface area contributed by atoms with Gasteiger partial charge in [0, 0.05) is 19.1 Å². The summed E-state index contributed by atoms with van der Waals surface area (Å²) in [6, 6.07) is 43.3. The lowest BCUT2D eigenvalue weighted by molar-refractivity contribution is -0.384. The first-order valence-corrected chi connectivity index (χ1v) is 23.3. The number of carbonyl (C=O) groups is 6. The quantitative estimate of drug-likeness (QED) is 0.0417. The van der Waals surface area contributed by atoms with Gasteiger partial charge in [0.05, 0.1) is 32.7 Å². The lowest BCUT2D eigenvalue weighted by atomic mass is 9.96. The van der Waals surface area contributed by atoms with Crippen LogP contribution in [0.4, 0.5) is 5.69 Å². The van der Waals surface area contributed by atoms with E-state index in [1.807, 2.05) is 0 Å². The second-order valence-electron chi connectivity index (χ2n) is 16.8. The Morgan fingerprint density at radius 2 is 0.840 bits per heavy atom. The third kappa shape index (κ3) is 13.4. The summed E-state index contributed by atoms with van der Waals surface area (Å²) in [5.41, 5.74) is -0.0214. The molecule has 2 fully saturated rings. The molecule has 75 heavy (non-hydrogen) atoms. The van der Waals surface area contributed by atoms with E-state index in [1.165, 1.54) is 72.8 Å². The van der Waals surface area contributed by atoms with Crippen LogP contribution in [0.5, 0.6) is 5.75 Å². The zero-order valence-electron chi connectivity index (χ0n) is 39.7. The van der Waals surface area contributed by atoms with E-state index in [1.54, 1.807) is 91.0 Å². The summed E-state index contributed by atoms with van der Waals surface area (Å²) in [4.78, 5) is 93.0. The van der Waals surface area contributed by atoms with Crippen molar-refractivity contribution in [1.29, 1.82) is 0 Å². The molecule has 0 spiro atoms. The Morgan fingerprint density at radius 1 is 0.467 bits per heavy atom. The summed E-state index contributed by atoms with van der Waals surface area (Å²) >= 11 is 0. The van der Waals surface area contributed by atoms with Crippen LogP contribution < -0.4 is 4.74 Å². The van der Waals surface area contributed by atoms with Crippen LogP contribution in [-0.4, -0.2) is 120 Å². The van der Waals surface area contributed by atoms with E-state index in [0.717, 1.165) is 19.1 Å². The first-order chi connectivity index (χ1) is 36.3. The number of hydrogen-bond acceptors (Lipinski definition) is 19. The Labute approximate surface area is 427 Å². The van der Waals surface area contributed by atoms with Gasteiger partial charge in [-0.15, -0.1) is 0 Å². The SMILES string of the molecule is CC(=O)O[C@@H]1[C@H](O)[C@@H](OC(=O)c2ccccc2)[C@H](O[C@H]2[C@H](OC(=O)c3ccccc3)[C@@H](OC(=O)c3ccccc3)[C@H](Oc3ccc([N+](=O)[O-])cc3)O[C@@H]2COC(=O)c2ccccc2)O[C@@H]1COC(=O)c1ccccc1. The monoisotopic (exact) mass is 1030 g/mol. The minimum atomic E-state index is -2.02. The van der Waals surface area contributed by atoms with Gasteiger partial charge in [0.1, 0.15) is 43.4 Å². The van der Waals surface area contributed by atoms with Crippen LogP contribution in [0.15, 0.2) is 176 Å². The molecule has 0 aliphatic carbocycles. The van der Waals surface area contributed by atoms with Crippen LogP contribution >= 0.6 is 0 Å². The molecule has 20 nitrogen and oxygen atoms in total. The number of nitro groups is 1. The molecule has 6 aromatic rings. The number of benzene rings is 6. The van der Waals surface area contributed by atoms with E-state index >= 15 is 0 Å². The number of carbonyl (C=O) groups excluding carboxylic acids is 6. The second-order valence-corrected chi connectivity index (χ2v) is 16.8. The highest BCUT2D eigenvalue weighted by atomic mass is 16.8. The van der Waals surface area contributed by atoms with Crippen molar-refractivity contribution < 1.29 is 86.2 Å². The number of ether oxygens (including phenoxy) is 10. The first kappa shape index (κ1) is 52.5. The van der Waals surface area contributed by atoms with Gasteiger partial charge in [-0.25, -0.2) is 24.0 Å². The van der Waals surface area contributed by atoms with Crippen LogP contribution in [0.1, 0.15) is 58.7 Å². The molecule has 8 rings (SSSR count). The normalized spacial score (nSPS) is 23.0. The third-order valence-electron chi connectivity index (χ3n) is 11.6. The Balaban J connectivity index is 1.25. The van der Waals surface area contributed by atoms with Crippen molar-refractivity contribution in [3.63, 3.8) is 0 Å². The highest BCUT2D eigenvalue weighted by molar-refractivity contribution is 5.91. The zero-order chi connectivity index (χ0) is 52.8. The van der Waals surface area contributed by atoms with Crippen LogP contribution in [-0.2, 0) is 47.4 Å². The summed E-state index contributed by atoms with van der Waals surface area (Å²) in [6.45, 7) is -0.392. The van der Waals surface area contributed by atoms with Gasteiger partial charge >= 0.3 is 35.8 Å². The van der Waals surface area contributed by atoms with Gasteiger partial charge in [-0.3, -0.25) is 14.9 Å². The predicted molar refractivity (Wildman–Crippen MR) is 258 cm³/mol. The van der Waals surface area contributed by atoms with E-state index < -0.39 is 115 Å². The van der Waals surface area contributed by atoms with Gasteiger partial charge in [0.15, 0.2) is 24.6 Å². The molecule has 2 aliphatic heterocycles. The minimum Gasteiger partial charge on any atom is -0.461 e. The Morgan fingerprint density at radius 3 is 1.25 bits per heavy atom. The minimum absolute atomic E-state index is 0.000652. The molecule has 0 radical (unpaired) electrons. The second kappa shape index (κ2) is 24.7. The van der Waals surface area contributed by atoms with E-state index in [2.05, 4.69) is 0 Å². The number of non-ortho nitro benzene ring substituents is 1. The Hall–Kier alpha value is -8.82. The lowest BCUT2D eigenvalue weighted by Crippen LogP contribution is -2.67. The molecule has 2 heterocycles. The van der Waals surface area contributed by atoms with Gasteiger partial charge in [-0.2, -0.15) is 0 Å². The lowest BCUT2D eigenvalue weighted by Gasteiger charge is -2.48. The maximum Gasteiger partial charge on any atom is 0.338 e. The number of nitrogens with zero attached hydrogens (tertiary/aromatic N) is 1. The Bertz CT molecular complexity index is 2910. The number of aliphatic hydroxyl groups is 1. The number of aliphatic hydroxyl groups excluding tert-OH is 1. The van der Waals surface area contributed by atoms with Crippen molar-refractivity contribution in [1.82, 2.24) is 0 Å². The number of nitro benzene ring substituents is 1. The number of hydrogen-bond donors (Lipinski definition) is 1. The standard InChI is InChI=1S/C55H47NO19/c1-33(57)68-44-41(31-66-49(59)34-17-7-2-8-18-34)70-54(46(43(44)58)72-51(61)36-21-11-4-12-22-36)75-45-42(32-67-50(60)35-19-9-3-10-20-35)71-55(69-40-29-27-39(28-30-40)56(64)65)48(74-53(63)38-25-15-6-16-26-38)47(45)73-52(62)37-23-13-5-14-24-37/h2-30,41-48,54-55,58H,31-32H2,1H3/t41-,42-,43+,44+,45-,46-,47+,48-,54+,55-/m1/s1. The molecule has 1 N–H and O–H groups in total.